The van der Waals surface area contributed by atoms with E-state index in [2.05, 4.69) is 34.6 Å². The Morgan fingerprint density at radius 3 is 2.06 bits per heavy atom. The standard InChI is InChI=1S/C16H14N2/c1-3-7-13(8-4-1)15-11-12-16(18-15)17-14-9-5-2-6-10-14/h1-12,17-18H. The van der Waals surface area contributed by atoms with Crippen molar-refractivity contribution < 1.29 is 0 Å². The molecular weight excluding hydrogens is 220 g/mol. The Morgan fingerprint density at radius 1 is 0.667 bits per heavy atom. The summed E-state index contributed by atoms with van der Waals surface area (Å²) in [4.78, 5) is 3.37. The van der Waals surface area contributed by atoms with Crippen molar-refractivity contribution >= 4 is 11.5 Å². The number of nitrogens with one attached hydrogen (secondary N) is 2. The highest BCUT2D eigenvalue weighted by molar-refractivity contribution is 5.65. The maximum absolute atomic E-state index is 3.37. The average molecular weight is 234 g/mol. The van der Waals surface area contributed by atoms with E-state index in [-0.39, 0.29) is 0 Å². The van der Waals surface area contributed by atoms with E-state index in [1.165, 1.54) is 5.56 Å². The molecule has 0 fully saturated rings. The summed E-state index contributed by atoms with van der Waals surface area (Å²) >= 11 is 0. The zero-order valence-electron chi connectivity index (χ0n) is 9.93. The third-order valence-electron chi connectivity index (χ3n) is 2.82. The zero-order valence-corrected chi connectivity index (χ0v) is 9.93. The van der Waals surface area contributed by atoms with E-state index in [1.54, 1.807) is 0 Å². The van der Waals surface area contributed by atoms with Crippen molar-refractivity contribution in [3.63, 3.8) is 0 Å². The van der Waals surface area contributed by atoms with E-state index in [4.69, 9.17) is 0 Å². The maximum Gasteiger partial charge on any atom is 0.108 e. The summed E-state index contributed by atoms with van der Waals surface area (Å²) < 4.78 is 0. The molecule has 0 spiro atoms. The first-order valence-corrected chi connectivity index (χ1v) is 5.98. The molecule has 2 aromatic carbocycles. The number of aromatic nitrogens is 1. The minimum atomic E-state index is 1.00. The molecule has 18 heavy (non-hydrogen) atoms. The normalized spacial score (nSPS) is 10.2. The van der Waals surface area contributed by atoms with Crippen molar-refractivity contribution in [2.24, 2.45) is 0 Å². The zero-order chi connectivity index (χ0) is 12.2. The van der Waals surface area contributed by atoms with E-state index in [0.29, 0.717) is 0 Å². The third kappa shape index (κ3) is 2.28. The van der Waals surface area contributed by atoms with Crippen LogP contribution in [0.2, 0.25) is 0 Å². The molecule has 0 atom stereocenters. The summed E-state index contributed by atoms with van der Waals surface area (Å²) in [5.74, 6) is 1.00. The smallest absolute Gasteiger partial charge is 0.108 e. The van der Waals surface area contributed by atoms with Crippen LogP contribution in [0.1, 0.15) is 0 Å². The molecule has 0 unspecified atom stereocenters. The fourth-order valence-corrected chi connectivity index (χ4v) is 1.93. The number of aromatic amines is 1. The molecule has 0 saturated carbocycles. The summed E-state index contributed by atoms with van der Waals surface area (Å²) in [6, 6.07) is 24.6. The van der Waals surface area contributed by atoms with Crippen molar-refractivity contribution in [2.45, 2.75) is 0 Å². The van der Waals surface area contributed by atoms with Crippen LogP contribution in [0.15, 0.2) is 72.8 Å². The van der Waals surface area contributed by atoms with Crippen molar-refractivity contribution in [1.29, 1.82) is 0 Å². The Hall–Kier alpha value is -2.48. The molecule has 3 rings (SSSR count). The molecule has 2 heteroatoms. The van der Waals surface area contributed by atoms with Gasteiger partial charge in [0.05, 0.1) is 0 Å². The van der Waals surface area contributed by atoms with Crippen LogP contribution in [0.4, 0.5) is 11.5 Å². The molecule has 1 aromatic heterocycles. The summed E-state index contributed by atoms with van der Waals surface area (Å²) in [5, 5.41) is 3.34. The highest BCUT2D eigenvalue weighted by Gasteiger charge is 2.00. The predicted molar refractivity (Wildman–Crippen MR) is 76.0 cm³/mol. The first-order chi connectivity index (χ1) is 8.92. The molecular formula is C16H14N2. The highest BCUT2D eigenvalue weighted by Crippen LogP contribution is 2.22. The van der Waals surface area contributed by atoms with Gasteiger partial charge in [-0.2, -0.15) is 0 Å². The van der Waals surface area contributed by atoms with Crippen LogP contribution >= 0.6 is 0 Å². The van der Waals surface area contributed by atoms with Gasteiger partial charge in [-0.15, -0.1) is 0 Å². The lowest BCUT2D eigenvalue weighted by Gasteiger charge is -2.03. The van der Waals surface area contributed by atoms with Gasteiger partial charge in [0.25, 0.3) is 0 Å². The first kappa shape index (κ1) is 10.7. The van der Waals surface area contributed by atoms with Gasteiger partial charge in [0.15, 0.2) is 0 Å². The molecule has 2 N–H and O–H groups in total. The fourth-order valence-electron chi connectivity index (χ4n) is 1.93. The van der Waals surface area contributed by atoms with Crippen LogP contribution in [0, 0.1) is 0 Å². The summed E-state index contributed by atoms with van der Waals surface area (Å²) in [7, 11) is 0. The molecule has 0 aliphatic carbocycles. The van der Waals surface area contributed by atoms with E-state index >= 15 is 0 Å². The molecule has 0 bridgehead atoms. The second-order valence-electron chi connectivity index (χ2n) is 4.14. The third-order valence-corrected chi connectivity index (χ3v) is 2.82. The number of H-pyrrole nitrogens is 1. The lowest BCUT2D eigenvalue weighted by atomic mass is 10.2. The Bertz CT molecular complexity index is 612. The van der Waals surface area contributed by atoms with Crippen LogP contribution in [0.3, 0.4) is 0 Å². The second kappa shape index (κ2) is 4.80. The van der Waals surface area contributed by atoms with Crippen molar-refractivity contribution in [2.75, 3.05) is 5.32 Å². The summed E-state index contributed by atoms with van der Waals surface area (Å²) in [5.41, 5.74) is 3.40. The molecule has 3 aromatic rings. The molecule has 88 valence electrons. The minimum Gasteiger partial charge on any atom is -0.342 e. The van der Waals surface area contributed by atoms with Crippen LogP contribution in [-0.4, -0.2) is 4.98 Å². The highest BCUT2D eigenvalue weighted by atomic mass is 15.0. The van der Waals surface area contributed by atoms with Crippen molar-refractivity contribution in [3.8, 4) is 11.3 Å². The van der Waals surface area contributed by atoms with Crippen molar-refractivity contribution in [1.82, 2.24) is 4.98 Å². The second-order valence-corrected chi connectivity index (χ2v) is 4.14. The molecule has 0 saturated heterocycles. The molecule has 2 nitrogen and oxygen atoms in total. The maximum atomic E-state index is 3.37. The Kier molecular flexibility index (Phi) is 2.84. The lowest BCUT2D eigenvalue weighted by Crippen LogP contribution is -1.89. The predicted octanol–water partition coefficient (Wildman–Crippen LogP) is 4.43. The summed E-state index contributed by atoms with van der Waals surface area (Å²) in [6.07, 6.45) is 0. The molecule has 0 amide bonds. The van der Waals surface area contributed by atoms with Gasteiger partial charge < -0.3 is 10.3 Å². The Morgan fingerprint density at radius 2 is 1.33 bits per heavy atom. The number of hydrogen-bond donors (Lipinski definition) is 2. The number of rotatable bonds is 3. The lowest BCUT2D eigenvalue weighted by molar-refractivity contribution is 1.37. The largest absolute Gasteiger partial charge is 0.342 e. The summed E-state index contributed by atoms with van der Waals surface area (Å²) in [6.45, 7) is 0. The first-order valence-electron chi connectivity index (χ1n) is 5.98. The van der Waals surface area contributed by atoms with Gasteiger partial charge in [0.1, 0.15) is 5.82 Å². The van der Waals surface area contributed by atoms with Gasteiger partial charge in [-0.25, -0.2) is 0 Å². The van der Waals surface area contributed by atoms with Crippen molar-refractivity contribution in [3.05, 3.63) is 72.8 Å². The van der Waals surface area contributed by atoms with Gasteiger partial charge in [0.2, 0.25) is 0 Å². The molecule has 0 radical (unpaired) electrons. The molecule has 0 aliphatic rings. The van der Waals surface area contributed by atoms with E-state index in [9.17, 15) is 0 Å². The monoisotopic (exact) mass is 234 g/mol. The van der Waals surface area contributed by atoms with Gasteiger partial charge in [0, 0.05) is 11.4 Å². The van der Waals surface area contributed by atoms with E-state index in [0.717, 1.165) is 17.2 Å². The number of benzene rings is 2. The van der Waals surface area contributed by atoms with Crippen LogP contribution in [0.25, 0.3) is 11.3 Å². The van der Waals surface area contributed by atoms with Gasteiger partial charge in [-0.1, -0.05) is 48.5 Å². The fraction of sp³-hybridized carbons (Fsp3) is 0. The van der Waals surface area contributed by atoms with E-state index < -0.39 is 0 Å². The molecule has 1 heterocycles. The van der Waals surface area contributed by atoms with Gasteiger partial charge >= 0.3 is 0 Å². The Balaban J connectivity index is 1.82. The molecule has 0 aliphatic heterocycles. The van der Waals surface area contributed by atoms with Crippen LogP contribution in [-0.2, 0) is 0 Å². The number of hydrogen-bond acceptors (Lipinski definition) is 1. The van der Waals surface area contributed by atoms with E-state index in [1.807, 2.05) is 48.5 Å². The quantitative estimate of drug-likeness (QED) is 0.689. The minimum absolute atomic E-state index is 1.00. The average Bonchev–Trinajstić information content (AvgIpc) is 2.89. The topological polar surface area (TPSA) is 27.8 Å². The number of anilines is 2. The van der Waals surface area contributed by atoms with Gasteiger partial charge in [-0.05, 0) is 29.8 Å². The van der Waals surface area contributed by atoms with Crippen LogP contribution < -0.4 is 5.32 Å². The SMILES string of the molecule is c1ccc(Nc2ccc(-c3ccccc3)[nH]2)cc1. The van der Waals surface area contributed by atoms with Crippen LogP contribution in [0.5, 0.6) is 0 Å². The number of para-hydroxylation sites is 1. The van der Waals surface area contributed by atoms with Gasteiger partial charge in [-0.3, -0.25) is 0 Å². The Labute approximate surface area is 106 Å².